The summed E-state index contributed by atoms with van der Waals surface area (Å²) in [6.45, 7) is 4.75. The Labute approximate surface area is 93.6 Å². The summed E-state index contributed by atoms with van der Waals surface area (Å²) in [5.41, 5.74) is 0.729. The molecule has 1 unspecified atom stereocenters. The van der Waals surface area contributed by atoms with Crippen molar-refractivity contribution in [3.05, 3.63) is 12.4 Å². The smallest absolute Gasteiger partial charge is 0.257 e. The zero-order valence-corrected chi connectivity index (χ0v) is 9.49. The largest absolute Gasteiger partial charge is 0.380 e. The molecule has 6 heteroatoms. The van der Waals surface area contributed by atoms with Gasteiger partial charge in [0.2, 0.25) is 0 Å². The van der Waals surface area contributed by atoms with E-state index in [-0.39, 0.29) is 12.6 Å². The fourth-order valence-corrected chi connectivity index (χ4v) is 1.30. The zero-order valence-electron chi connectivity index (χ0n) is 9.49. The highest BCUT2D eigenvalue weighted by atomic mass is 19.3. The van der Waals surface area contributed by atoms with E-state index in [1.807, 2.05) is 13.8 Å². The van der Waals surface area contributed by atoms with Crippen LogP contribution in [0.2, 0.25) is 0 Å². The van der Waals surface area contributed by atoms with Crippen molar-refractivity contribution >= 4 is 5.69 Å². The van der Waals surface area contributed by atoms with Crippen LogP contribution >= 0.6 is 0 Å². The molecule has 0 fully saturated rings. The van der Waals surface area contributed by atoms with Crippen LogP contribution in [-0.4, -0.2) is 35.5 Å². The topological polar surface area (TPSA) is 39.1 Å². The van der Waals surface area contributed by atoms with Crippen molar-refractivity contribution in [3.63, 3.8) is 0 Å². The van der Waals surface area contributed by atoms with E-state index in [2.05, 4.69) is 10.4 Å². The van der Waals surface area contributed by atoms with Crippen molar-refractivity contribution < 1.29 is 13.5 Å². The maximum atomic E-state index is 12.1. The van der Waals surface area contributed by atoms with Gasteiger partial charge in [0.05, 0.1) is 18.5 Å². The molecule has 4 nitrogen and oxygen atoms in total. The third-order valence-corrected chi connectivity index (χ3v) is 1.94. The summed E-state index contributed by atoms with van der Waals surface area (Å²) in [5, 5.41) is 6.94. The van der Waals surface area contributed by atoms with Gasteiger partial charge in [0, 0.05) is 18.8 Å². The number of hydrogen-bond donors (Lipinski definition) is 1. The fourth-order valence-electron chi connectivity index (χ4n) is 1.30. The lowest BCUT2D eigenvalue weighted by Crippen LogP contribution is -2.21. The van der Waals surface area contributed by atoms with E-state index >= 15 is 0 Å². The van der Waals surface area contributed by atoms with Crippen LogP contribution in [0.4, 0.5) is 14.5 Å². The van der Waals surface area contributed by atoms with Crippen LogP contribution in [-0.2, 0) is 11.3 Å². The highest BCUT2D eigenvalue weighted by Crippen LogP contribution is 2.08. The highest BCUT2D eigenvalue weighted by Gasteiger charge is 2.07. The second kappa shape index (κ2) is 6.42. The number of aromatic nitrogens is 2. The quantitative estimate of drug-likeness (QED) is 0.782. The number of halogens is 2. The van der Waals surface area contributed by atoms with Crippen molar-refractivity contribution in [1.82, 2.24) is 9.78 Å². The third kappa shape index (κ3) is 4.57. The Bertz CT molecular complexity index is 304. The van der Waals surface area contributed by atoms with Crippen molar-refractivity contribution in [3.8, 4) is 0 Å². The minimum absolute atomic E-state index is 0.129. The molecule has 1 rings (SSSR count). The van der Waals surface area contributed by atoms with Crippen molar-refractivity contribution in [2.75, 3.05) is 18.5 Å². The Balaban J connectivity index is 2.39. The Morgan fingerprint density at radius 1 is 1.56 bits per heavy atom. The minimum Gasteiger partial charge on any atom is -0.380 e. The van der Waals surface area contributed by atoms with Gasteiger partial charge in [-0.1, -0.05) is 0 Å². The summed E-state index contributed by atoms with van der Waals surface area (Å²) in [5.74, 6) is 0. The Morgan fingerprint density at radius 3 is 2.94 bits per heavy atom. The molecule has 0 radical (unpaired) electrons. The molecule has 1 heterocycles. The molecule has 0 saturated carbocycles. The number of alkyl halides is 2. The zero-order chi connectivity index (χ0) is 12.0. The number of hydrogen-bond acceptors (Lipinski definition) is 3. The first-order valence-corrected chi connectivity index (χ1v) is 5.26. The molecule has 0 saturated heterocycles. The molecule has 0 spiro atoms. The van der Waals surface area contributed by atoms with Gasteiger partial charge in [0.25, 0.3) is 6.43 Å². The van der Waals surface area contributed by atoms with E-state index in [9.17, 15) is 8.78 Å². The van der Waals surface area contributed by atoms with E-state index in [1.165, 1.54) is 10.9 Å². The lowest BCUT2D eigenvalue weighted by Gasteiger charge is -2.12. The summed E-state index contributed by atoms with van der Waals surface area (Å²) in [7, 11) is 0. The molecule has 0 aliphatic carbocycles. The fraction of sp³-hybridized carbons (Fsp3) is 0.700. The lowest BCUT2D eigenvalue weighted by molar-refractivity contribution is 0.122. The summed E-state index contributed by atoms with van der Waals surface area (Å²) in [6.07, 6.45) is 0.716. The van der Waals surface area contributed by atoms with Gasteiger partial charge in [-0.25, -0.2) is 8.78 Å². The van der Waals surface area contributed by atoms with Gasteiger partial charge in [-0.15, -0.1) is 0 Å². The number of rotatable bonds is 7. The van der Waals surface area contributed by atoms with Crippen LogP contribution < -0.4 is 5.32 Å². The first-order chi connectivity index (χ1) is 7.61. The standard InChI is InChI=1S/C10H17F2N3O/c1-3-16-7-8(2)14-9-4-13-15(5-9)6-10(11)12/h4-5,8,10,14H,3,6-7H2,1-2H3. The van der Waals surface area contributed by atoms with Crippen molar-refractivity contribution in [2.24, 2.45) is 0 Å². The van der Waals surface area contributed by atoms with Crippen molar-refractivity contribution in [2.45, 2.75) is 32.9 Å². The van der Waals surface area contributed by atoms with Crippen LogP contribution in [0, 0.1) is 0 Å². The Morgan fingerprint density at radius 2 is 2.31 bits per heavy atom. The molecule has 1 aromatic heterocycles. The van der Waals surface area contributed by atoms with Crippen LogP contribution in [0.25, 0.3) is 0 Å². The van der Waals surface area contributed by atoms with Crippen molar-refractivity contribution in [1.29, 1.82) is 0 Å². The molecule has 1 atom stereocenters. The second-order valence-electron chi connectivity index (χ2n) is 3.55. The number of ether oxygens (including phenoxy) is 1. The summed E-state index contributed by atoms with van der Waals surface area (Å²) in [6, 6.07) is 0.129. The lowest BCUT2D eigenvalue weighted by atomic mass is 10.3. The second-order valence-corrected chi connectivity index (χ2v) is 3.55. The first kappa shape index (κ1) is 12.9. The average Bonchev–Trinajstić information content (AvgIpc) is 2.61. The molecular formula is C10H17F2N3O. The molecule has 92 valence electrons. The molecule has 1 N–H and O–H groups in total. The van der Waals surface area contributed by atoms with Gasteiger partial charge in [0.15, 0.2) is 0 Å². The minimum atomic E-state index is -2.38. The molecule has 1 aromatic rings. The number of nitrogens with one attached hydrogen (secondary N) is 1. The Kier molecular flexibility index (Phi) is 5.18. The SMILES string of the molecule is CCOCC(C)Nc1cnn(CC(F)F)c1. The van der Waals surface area contributed by atoms with Gasteiger partial charge >= 0.3 is 0 Å². The van der Waals surface area contributed by atoms with Gasteiger partial charge in [0.1, 0.15) is 6.54 Å². The molecule has 0 aliphatic heterocycles. The molecule has 0 aliphatic rings. The molecule has 0 bridgehead atoms. The van der Waals surface area contributed by atoms with Gasteiger partial charge in [-0.2, -0.15) is 5.10 Å². The predicted molar refractivity (Wildman–Crippen MR) is 57.8 cm³/mol. The molecular weight excluding hydrogens is 216 g/mol. The van der Waals surface area contributed by atoms with Gasteiger partial charge < -0.3 is 10.1 Å². The van der Waals surface area contributed by atoms with Crippen LogP contribution in [0.3, 0.4) is 0 Å². The number of anilines is 1. The maximum absolute atomic E-state index is 12.1. The summed E-state index contributed by atoms with van der Waals surface area (Å²) >= 11 is 0. The van der Waals surface area contributed by atoms with Crippen LogP contribution in [0.5, 0.6) is 0 Å². The summed E-state index contributed by atoms with van der Waals surface area (Å²) in [4.78, 5) is 0. The van der Waals surface area contributed by atoms with E-state index in [0.717, 1.165) is 5.69 Å². The molecule has 0 aromatic carbocycles. The van der Waals surface area contributed by atoms with Gasteiger partial charge in [-0.3, -0.25) is 4.68 Å². The molecule has 16 heavy (non-hydrogen) atoms. The van der Waals surface area contributed by atoms with E-state index in [1.54, 1.807) is 6.20 Å². The summed E-state index contributed by atoms with van der Waals surface area (Å²) < 4.78 is 30.6. The Hall–Kier alpha value is -1.17. The highest BCUT2D eigenvalue weighted by molar-refractivity contribution is 5.39. The molecule has 0 amide bonds. The third-order valence-electron chi connectivity index (χ3n) is 1.94. The van der Waals surface area contributed by atoms with E-state index < -0.39 is 6.43 Å². The average molecular weight is 233 g/mol. The van der Waals surface area contributed by atoms with Gasteiger partial charge in [-0.05, 0) is 13.8 Å². The van der Waals surface area contributed by atoms with E-state index in [4.69, 9.17) is 4.74 Å². The number of nitrogens with zero attached hydrogens (tertiary/aromatic N) is 2. The monoisotopic (exact) mass is 233 g/mol. The van der Waals surface area contributed by atoms with Crippen LogP contribution in [0.15, 0.2) is 12.4 Å². The predicted octanol–water partition coefficient (Wildman–Crippen LogP) is 1.99. The first-order valence-electron chi connectivity index (χ1n) is 5.26. The normalized spacial score (nSPS) is 13.1. The van der Waals surface area contributed by atoms with Crippen LogP contribution in [0.1, 0.15) is 13.8 Å². The van der Waals surface area contributed by atoms with E-state index in [0.29, 0.717) is 13.2 Å². The maximum Gasteiger partial charge on any atom is 0.257 e.